The maximum absolute atomic E-state index is 5.48. The molecule has 0 saturated carbocycles. The molecular formula is C7H11BrN2. The molecule has 2 N–H and O–H groups in total. The second-order valence-corrected chi connectivity index (χ2v) is 2.69. The van der Waals surface area contributed by atoms with Gasteiger partial charge in [-0.2, -0.15) is 0 Å². The molecule has 0 radical (unpaired) electrons. The van der Waals surface area contributed by atoms with Crippen LogP contribution in [0.5, 0.6) is 0 Å². The van der Waals surface area contributed by atoms with Crippen LogP contribution in [-0.2, 0) is 0 Å². The molecule has 0 aliphatic heterocycles. The fourth-order valence-corrected chi connectivity index (χ4v) is 0.581. The van der Waals surface area contributed by atoms with E-state index in [0.717, 1.165) is 15.9 Å². The summed E-state index contributed by atoms with van der Waals surface area (Å²) in [5, 5.41) is 0. The van der Waals surface area contributed by atoms with E-state index in [-0.39, 0.29) is 0 Å². The van der Waals surface area contributed by atoms with Crippen molar-refractivity contribution in [3.63, 3.8) is 0 Å². The van der Waals surface area contributed by atoms with Gasteiger partial charge in [-0.05, 0) is 29.8 Å². The minimum atomic E-state index is 0.725. The number of rotatable bonds is 2. The van der Waals surface area contributed by atoms with Gasteiger partial charge in [-0.15, -0.1) is 0 Å². The molecule has 0 fully saturated rings. The minimum Gasteiger partial charge on any atom is -0.401 e. The highest BCUT2D eigenvalue weighted by molar-refractivity contribution is 9.12. The average molecular weight is 203 g/mol. The Morgan fingerprint density at radius 3 is 2.40 bits per heavy atom. The van der Waals surface area contributed by atoms with Gasteiger partial charge >= 0.3 is 0 Å². The van der Waals surface area contributed by atoms with Gasteiger partial charge in [0, 0.05) is 11.9 Å². The lowest BCUT2D eigenvalue weighted by molar-refractivity contribution is 1.31. The number of nitrogens with two attached hydrogens (primary N) is 1. The van der Waals surface area contributed by atoms with Crippen LogP contribution >= 0.6 is 15.9 Å². The van der Waals surface area contributed by atoms with Gasteiger partial charge in [0.1, 0.15) is 0 Å². The molecule has 0 saturated heterocycles. The van der Waals surface area contributed by atoms with E-state index in [1.807, 2.05) is 13.8 Å². The molecule has 0 aromatic carbocycles. The summed E-state index contributed by atoms with van der Waals surface area (Å²) in [7, 11) is 0. The van der Waals surface area contributed by atoms with E-state index < -0.39 is 0 Å². The van der Waals surface area contributed by atoms with Crippen molar-refractivity contribution in [2.75, 3.05) is 0 Å². The summed E-state index contributed by atoms with van der Waals surface area (Å²) in [6, 6.07) is 0. The maximum atomic E-state index is 5.48. The predicted octanol–water partition coefficient (Wildman–Crippen LogP) is 2.18. The van der Waals surface area contributed by atoms with Gasteiger partial charge in [0.15, 0.2) is 0 Å². The summed E-state index contributed by atoms with van der Waals surface area (Å²) in [5.41, 5.74) is 7.05. The van der Waals surface area contributed by atoms with Gasteiger partial charge in [-0.1, -0.05) is 6.58 Å². The predicted molar refractivity (Wildman–Crippen MR) is 49.1 cm³/mol. The van der Waals surface area contributed by atoms with Gasteiger partial charge in [0.05, 0.1) is 10.2 Å². The molecule has 0 atom stereocenters. The number of aliphatic imine (C=N–C) groups is 1. The van der Waals surface area contributed by atoms with Gasteiger partial charge < -0.3 is 5.73 Å². The molecule has 0 aliphatic rings. The first-order valence-corrected chi connectivity index (χ1v) is 3.66. The van der Waals surface area contributed by atoms with Crippen molar-refractivity contribution in [2.24, 2.45) is 10.7 Å². The zero-order valence-corrected chi connectivity index (χ0v) is 7.77. The normalized spacial score (nSPS) is 14.5. The van der Waals surface area contributed by atoms with Crippen molar-refractivity contribution in [1.82, 2.24) is 0 Å². The quantitative estimate of drug-likeness (QED) is 0.686. The molecule has 0 heterocycles. The zero-order valence-electron chi connectivity index (χ0n) is 6.19. The first kappa shape index (κ1) is 9.43. The Hall–Kier alpha value is -0.570. The highest BCUT2D eigenvalue weighted by atomic mass is 79.9. The Morgan fingerprint density at radius 2 is 2.10 bits per heavy atom. The molecule has 0 spiro atoms. The highest BCUT2D eigenvalue weighted by Gasteiger charge is 1.97. The van der Waals surface area contributed by atoms with Crippen LogP contribution in [0.25, 0.3) is 0 Å². The standard InChI is InChI=1S/C7H11BrN2/c1-4-10-6(3)7(8)5(2)9/h4H,1,9H2,2-3H3. The number of halogens is 1. The molecule has 0 unspecified atom stereocenters. The Kier molecular flexibility index (Phi) is 4.03. The molecule has 0 aliphatic carbocycles. The Morgan fingerprint density at radius 1 is 1.60 bits per heavy atom. The van der Waals surface area contributed by atoms with E-state index in [4.69, 9.17) is 5.73 Å². The van der Waals surface area contributed by atoms with E-state index in [1.165, 1.54) is 6.20 Å². The van der Waals surface area contributed by atoms with Crippen LogP contribution in [0.2, 0.25) is 0 Å². The summed E-state index contributed by atoms with van der Waals surface area (Å²) in [4.78, 5) is 3.94. The number of hydrogen-bond donors (Lipinski definition) is 1. The van der Waals surface area contributed by atoms with E-state index in [2.05, 4.69) is 27.5 Å². The first-order valence-electron chi connectivity index (χ1n) is 2.87. The SMILES string of the molecule is C=CN=C(C)C(Br)=C(C)N. The monoisotopic (exact) mass is 202 g/mol. The molecule has 2 nitrogen and oxygen atoms in total. The van der Waals surface area contributed by atoms with Crippen molar-refractivity contribution in [3.8, 4) is 0 Å². The molecular weight excluding hydrogens is 192 g/mol. The fourth-order valence-electron chi connectivity index (χ4n) is 0.479. The average Bonchev–Trinajstić information content (AvgIpc) is 1.87. The summed E-state index contributed by atoms with van der Waals surface area (Å²) in [5.74, 6) is 0. The summed E-state index contributed by atoms with van der Waals surface area (Å²) >= 11 is 3.28. The summed E-state index contributed by atoms with van der Waals surface area (Å²) in [6.07, 6.45) is 1.49. The molecule has 56 valence electrons. The van der Waals surface area contributed by atoms with Gasteiger partial charge in [0.2, 0.25) is 0 Å². The van der Waals surface area contributed by atoms with Crippen LogP contribution in [-0.4, -0.2) is 5.71 Å². The third-order valence-electron chi connectivity index (χ3n) is 0.949. The third kappa shape index (κ3) is 2.82. The topological polar surface area (TPSA) is 38.4 Å². The van der Waals surface area contributed by atoms with Gasteiger partial charge in [-0.3, -0.25) is 4.99 Å². The van der Waals surface area contributed by atoms with Crippen molar-refractivity contribution in [2.45, 2.75) is 13.8 Å². The van der Waals surface area contributed by atoms with Crippen molar-refractivity contribution in [1.29, 1.82) is 0 Å². The van der Waals surface area contributed by atoms with E-state index in [9.17, 15) is 0 Å². The molecule has 0 rings (SSSR count). The second-order valence-electron chi connectivity index (χ2n) is 1.89. The molecule has 3 heteroatoms. The second kappa shape index (κ2) is 4.28. The summed E-state index contributed by atoms with van der Waals surface area (Å²) < 4.78 is 0.840. The van der Waals surface area contributed by atoms with Crippen molar-refractivity contribution in [3.05, 3.63) is 23.0 Å². The lowest BCUT2D eigenvalue weighted by Gasteiger charge is -1.98. The van der Waals surface area contributed by atoms with E-state index in [1.54, 1.807) is 0 Å². The van der Waals surface area contributed by atoms with Crippen LogP contribution < -0.4 is 5.73 Å². The van der Waals surface area contributed by atoms with Crippen LogP contribution in [0.1, 0.15) is 13.8 Å². The number of hydrogen-bond acceptors (Lipinski definition) is 2. The minimum absolute atomic E-state index is 0.725. The van der Waals surface area contributed by atoms with Crippen LogP contribution in [0.4, 0.5) is 0 Å². The Bertz CT molecular complexity index is 188. The number of nitrogens with zero attached hydrogens (tertiary/aromatic N) is 1. The van der Waals surface area contributed by atoms with Gasteiger partial charge in [0.25, 0.3) is 0 Å². The van der Waals surface area contributed by atoms with E-state index >= 15 is 0 Å². The lowest BCUT2D eigenvalue weighted by atomic mass is 10.3. The van der Waals surface area contributed by atoms with E-state index in [0.29, 0.717) is 0 Å². The number of allylic oxidation sites excluding steroid dienone is 2. The lowest BCUT2D eigenvalue weighted by Crippen LogP contribution is -2.00. The van der Waals surface area contributed by atoms with Crippen molar-refractivity contribution >= 4 is 21.6 Å². The Balaban J connectivity index is 4.51. The third-order valence-corrected chi connectivity index (χ3v) is 2.15. The Labute approximate surface area is 69.7 Å². The van der Waals surface area contributed by atoms with Crippen LogP contribution in [0.15, 0.2) is 28.0 Å². The van der Waals surface area contributed by atoms with Crippen LogP contribution in [0, 0.1) is 0 Å². The molecule has 0 amide bonds. The summed E-state index contributed by atoms with van der Waals surface area (Å²) in [6.45, 7) is 7.15. The van der Waals surface area contributed by atoms with Crippen LogP contribution in [0.3, 0.4) is 0 Å². The van der Waals surface area contributed by atoms with Gasteiger partial charge in [-0.25, -0.2) is 0 Å². The fraction of sp³-hybridized carbons (Fsp3) is 0.286. The molecule has 0 aromatic heterocycles. The maximum Gasteiger partial charge on any atom is 0.0571 e. The molecule has 0 bridgehead atoms. The molecule has 0 aromatic rings. The largest absolute Gasteiger partial charge is 0.401 e. The first-order chi connectivity index (χ1) is 4.59. The van der Waals surface area contributed by atoms with Crippen molar-refractivity contribution < 1.29 is 0 Å². The highest BCUT2D eigenvalue weighted by Crippen LogP contribution is 2.10. The smallest absolute Gasteiger partial charge is 0.0571 e. The molecule has 10 heavy (non-hydrogen) atoms. The zero-order chi connectivity index (χ0) is 8.15.